The number of anilines is 2. The van der Waals surface area contributed by atoms with Gasteiger partial charge >= 0.3 is 0 Å². The average Bonchev–Trinajstić information content (AvgIpc) is 2.84. The molecule has 0 bridgehead atoms. The van der Waals surface area contributed by atoms with E-state index in [1.807, 2.05) is 12.1 Å². The Morgan fingerprint density at radius 1 is 1.06 bits per heavy atom. The summed E-state index contributed by atoms with van der Waals surface area (Å²) in [6, 6.07) is 18.9. The van der Waals surface area contributed by atoms with Crippen molar-refractivity contribution in [2.45, 2.75) is 30.8 Å². The van der Waals surface area contributed by atoms with E-state index in [0.717, 1.165) is 18.8 Å². The molecule has 1 fully saturated rings. The number of rotatable bonds is 7. The average molecular weight is 527 g/mol. The van der Waals surface area contributed by atoms with Gasteiger partial charge in [-0.1, -0.05) is 17.7 Å². The third-order valence-corrected chi connectivity index (χ3v) is 7.50. The summed E-state index contributed by atoms with van der Waals surface area (Å²) >= 11 is 6.05. The van der Waals surface area contributed by atoms with Crippen LogP contribution in [0, 0.1) is 11.3 Å². The number of halogens is 1. The summed E-state index contributed by atoms with van der Waals surface area (Å²) in [5.41, 5.74) is 1.47. The van der Waals surface area contributed by atoms with E-state index in [-0.39, 0.29) is 21.2 Å². The molecule has 188 valence electrons. The maximum atomic E-state index is 13.2. The lowest BCUT2D eigenvalue weighted by Crippen LogP contribution is -2.54. The van der Waals surface area contributed by atoms with Crippen molar-refractivity contribution in [3.63, 3.8) is 0 Å². The number of benzene rings is 3. The predicted octanol–water partition coefficient (Wildman–Crippen LogP) is 5.00. The van der Waals surface area contributed by atoms with Gasteiger partial charge in [-0.2, -0.15) is 5.26 Å². The first-order valence-corrected chi connectivity index (χ1v) is 13.2. The molecule has 2 atom stereocenters. The number of piperazine rings is 1. The van der Waals surface area contributed by atoms with Crippen LogP contribution in [0.4, 0.5) is 11.4 Å². The van der Waals surface area contributed by atoms with Gasteiger partial charge in [0.15, 0.2) is 0 Å². The summed E-state index contributed by atoms with van der Waals surface area (Å²) in [7, 11) is -2.41. The van der Waals surface area contributed by atoms with Gasteiger partial charge in [0.2, 0.25) is 0 Å². The Bertz CT molecular complexity index is 1380. The van der Waals surface area contributed by atoms with Crippen LogP contribution in [0.1, 0.15) is 19.4 Å². The van der Waals surface area contributed by atoms with Crippen molar-refractivity contribution in [2.75, 3.05) is 29.8 Å². The summed E-state index contributed by atoms with van der Waals surface area (Å²) in [5.74, 6) is 1.08. The first kappa shape index (κ1) is 25.6. The molecule has 1 heterocycles. The molecule has 10 heteroatoms. The second kappa shape index (κ2) is 10.7. The first-order chi connectivity index (χ1) is 17.2. The van der Waals surface area contributed by atoms with Crippen molar-refractivity contribution in [1.82, 2.24) is 5.32 Å². The Kier molecular flexibility index (Phi) is 7.59. The third kappa shape index (κ3) is 5.68. The van der Waals surface area contributed by atoms with Gasteiger partial charge in [-0.3, -0.25) is 4.72 Å². The maximum Gasteiger partial charge on any atom is 0.262 e. The Labute approximate surface area is 216 Å². The van der Waals surface area contributed by atoms with Crippen LogP contribution >= 0.6 is 11.6 Å². The Morgan fingerprint density at radius 2 is 1.75 bits per heavy atom. The van der Waals surface area contributed by atoms with Gasteiger partial charge in [0, 0.05) is 30.9 Å². The van der Waals surface area contributed by atoms with Crippen LogP contribution in [0.3, 0.4) is 0 Å². The molecule has 1 aliphatic heterocycles. The lowest BCUT2D eigenvalue weighted by atomic mass is 10.1. The molecule has 0 radical (unpaired) electrons. The molecule has 1 saturated heterocycles. The fourth-order valence-electron chi connectivity index (χ4n) is 4.23. The van der Waals surface area contributed by atoms with Crippen LogP contribution in [0.25, 0.3) is 0 Å². The zero-order chi connectivity index (χ0) is 25.9. The van der Waals surface area contributed by atoms with Gasteiger partial charge in [-0.15, -0.1) is 0 Å². The van der Waals surface area contributed by atoms with E-state index in [1.165, 1.54) is 31.4 Å². The number of nitriles is 1. The van der Waals surface area contributed by atoms with Crippen molar-refractivity contribution in [2.24, 2.45) is 0 Å². The number of nitrogens with one attached hydrogen (secondary N) is 2. The van der Waals surface area contributed by atoms with E-state index in [9.17, 15) is 13.7 Å². The summed E-state index contributed by atoms with van der Waals surface area (Å²) in [4.78, 5) is 2.28. The first-order valence-electron chi connectivity index (χ1n) is 11.4. The summed E-state index contributed by atoms with van der Waals surface area (Å²) in [6.45, 7) is 5.86. The van der Waals surface area contributed by atoms with Crippen LogP contribution in [0.15, 0.2) is 65.6 Å². The normalized spacial score (nSPS) is 17.8. The molecule has 0 spiro atoms. The fraction of sp³-hybridized carbons (Fsp3) is 0.269. The highest BCUT2D eigenvalue weighted by atomic mass is 35.5. The molecule has 2 unspecified atom stereocenters. The topological polar surface area (TPSA) is 104 Å². The largest absolute Gasteiger partial charge is 0.495 e. The van der Waals surface area contributed by atoms with E-state index in [0.29, 0.717) is 29.3 Å². The summed E-state index contributed by atoms with van der Waals surface area (Å²) in [5, 5.41) is 13.1. The molecule has 2 N–H and O–H groups in total. The molecule has 0 aliphatic carbocycles. The molecule has 0 amide bonds. The molecule has 1 aliphatic rings. The summed E-state index contributed by atoms with van der Waals surface area (Å²) in [6.07, 6.45) is 0. The zero-order valence-electron chi connectivity index (χ0n) is 20.2. The molecule has 4 rings (SSSR count). The molecule has 0 saturated carbocycles. The SMILES string of the molecule is COc1ccc(N2CC(C)NC(C)C2)cc1NS(=O)(=O)c1ccc(Oc2cccc(Cl)c2C#N)cc1. The van der Waals surface area contributed by atoms with Crippen molar-refractivity contribution < 1.29 is 17.9 Å². The molecule has 3 aromatic rings. The van der Waals surface area contributed by atoms with Crippen molar-refractivity contribution >= 4 is 33.0 Å². The van der Waals surface area contributed by atoms with Crippen molar-refractivity contribution in [1.29, 1.82) is 5.26 Å². The van der Waals surface area contributed by atoms with Gasteiger partial charge in [-0.25, -0.2) is 8.42 Å². The number of ether oxygens (including phenoxy) is 2. The van der Waals surface area contributed by atoms with E-state index in [2.05, 4.69) is 28.8 Å². The van der Waals surface area contributed by atoms with Crippen LogP contribution < -0.4 is 24.4 Å². The number of methoxy groups -OCH3 is 1. The molecular formula is C26H27ClN4O4S. The highest BCUT2D eigenvalue weighted by molar-refractivity contribution is 7.92. The summed E-state index contributed by atoms with van der Waals surface area (Å²) < 4.78 is 40.2. The Morgan fingerprint density at radius 3 is 2.39 bits per heavy atom. The Hall–Kier alpha value is -3.45. The van der Waals surface area contributed by atoms with E-state index in [1.54, 1.807) is 30.3 Å². The van der Waals surface area contributed by atoms with Crippen LogP contribution in [-0.2, 0) is 10.0 Å². The van der Waals surface area contributed by atoms with E-state index >= 15 is 0 Å². The number of sulfonamides is 1. The molecular weight excluding hydrogens is 500 g/mol. The molecule has 8 nitrogen and oxygen atoms in total. The minimum atomic E-state index is -3.91. The molecule has 0 aromatic heterocycles. The smallest absolute Gasteiger partial charge is 0.262 e. The predicted molar refractivity (Wildman–Crippen MR) is 141 cm³/mol. The minimum absolute atomic E-state index is 0.0540. The van der Waals surface area contributed by atoms with E-state index < -0.39 is 10.0 Å². The van der Waals surface area contributed by atoms with Crippen molar-refractivity contribution in [3.05, 3.63) is 71.2 Å². The van der Waals surface area contributed by atoms with Gasteiger partial charge < -0.3 is 19.7 Å². The number of nitrogens with zero attached hydrogens (tertiary/aromatic N) is 2. The lowest BCUT2D eigenvalue weighted by molar-refractivity contribution is 0.406. The van der Waals surface area contributed by atoms with Gasteiger partial charge in [0.05, 0.1) is 22.7 Å². The zero-order valence-corrected chi connectivity index (χ0v) is 21.7. The monoisotopic (exact) mass is 526 g/mol. The maximum absolute atomic E-state index is 13.2. The van der Waals surface area contributed by atoms with Crippen LogP contribution in [0.5, 0.6) is 17.2 Å². The van der Waals surface area contributed by atoms with Crippen molar-refractivity contribution in [3.8, 4) is 23.3 Å². The molecule has 36 heavy (non-hydrogen) atoms. The molecule has 3 aromatic carbocycles. The van der Waals surface area contributed by atoms with E-state index in [4.69, 9.17) is 21.1 Å². The van der Waals surface area contributed by atoms with Gasteiger partial charge in [0.25, 0.3) is 10.0 Å². The Balaban J connectivity index is 1.55. The van der Waals surface area contributed by atoms with Gasteiger partial charge in [-0.05, 0) is 68.4 Å². The quantitative estimate of drug-likeness (QED) is 0.446. The highest BCUT2D eigenvalue weighted by Crippen LogP contribution is 2.33. The van der Waals surface area contributed by atoms with Gasteiger partial charge in [0.1, 0.15) is 28.9 Å². The van der Waals surface area contributed by atoms with Crippen LogP contribution in [-0.4, -0.2) is 40.7 Å². The fourth-order valence-corrected chi connectivity index (χ4v) is 5.49. The second-order valence-corrected chi connectivity index (χ2v) is 10.8. The number of hydrogen-bond acceptors (Lipinski definition) is 7. The minimum Gasteiger partial charge on any atom is -0.495 e. The lowest BCUT2D eigenvalue weighted by Gasteiger charge is -2.38. The highest BCUT2D eigenvalue weighted by Gasteiger charge is 2.23. The van der Waals surface area contributed by atoms with Crippen LogP contribution in [0.2, 0.25) is 5.02 Å². The third-order valence-electron chi connectivity index (χ3n) is 5.80. The number of hydrogen-bond donors (Lipinski definition) is 2. The standard InChI is InChI=1S/C26H27ClN4O4S/c1-17-15-31(16-18(2)29-17)19-7-12-26(34-3)24(13-19)30-36(32,33)21-10-8-20(9-11-21)35-25-6-4-5-23(27)22(25)14-28/h4-13,17-18,29-30H,15-16H2,1-3H3. The second-order valence-electron chi connectivity index (χ2n) is 8.66.